The van der Waals surface area contributed by atoms with Gasteiger partial charge in [-0.25, -0.2) is 9.50 Å². The lowest BCUT2D eigenvalue weighted by atomic mass is 10.4. The van der Waals surface area contributed by atoms with Gasteiger partial charge < -0.3 is 4.90 Å². The van der Waals surface area contributed by atoms with E-state index in [0.29, 0.717) is 5.02 Å². The van der Waals surface area contributed by atoms with E-state index in [1.54, 1.807) is 4.52 Å². The Labute approximate surface area is 93.5 Å². The normalized spacial score (nSPS) is 11.5. The molecule has 0 saturated carbocycles. The molecule has 0 atom stereocenters. The first kappa shape index (κ1) is 10.4. The highest BCUT2D eigenvalue weighted by molar-refractivity contribution is 6.33. The van der Waals surface area contributed by atoms with E-state index in [2.05, 4.69) is 15.0 Å². The summed E-state index contributed by atoms with van der Waals surface area (Å²) in [5, 5.41) is 4.98. The molecule has 0 saturated heterocycles. The third kappa shape index (κ3) is 2.27. The molecule has 0 aromatic carbocycles. The fraction of sp³-hybridized carbons (Fsp3) is 0.400. The lowest BCUT2D eigenvalue weighted by Gasteiger charge is -2.05. The minimum absolute atomic E-state index is 0.640. The monoisotopic (exact) mass is 224 g/mol. The van der Waals surface area contributed by atoms with Gasteiger partial charge in [-0.15, -0.1) is 0 Å². The van der Waals surface area contributed by atoms with Gasteiger partial charge in [0, 0.05) is 19.2 Å². The number of aromatic nitrogens is 3. The summed E-state index contributed by atoms with van der Waals surface area (Å²) in [7, 11) is 4.06. The van der Waals surface area contributed by atoms with Crippen molar-refractivity contribution in [2.24, 2.45) is 0 Å². The average Bonchev–Trinajstić information content (AvgIpc) is 2.59. The standard InChI is InChI=1S/C10H13ClN4/c1-14(2)7-5-9-12-10-8(11)4-3-6-15(10)13-9/h3-4,6H,5,7H2,1-2H3. The van der Waals surface area contributed by atoms with Crippen LogP contribution in [0.15, 0.2) is 18.3 Å². The van der Waals surface area contributed by atoms with Gasteiger partial charge in [-0.1, -0.05) is 11.6 Å². The van der Waals surface area contributed by atoms with Gasteiger partial charge in [0.1, 0.15) is 0 Å². The molecule has 0 N–H and O–H groups in total. The van der Waals surface area contributed by atoms with E-state index in [1.165, 1.54) is 0 Å². The predicted octanol–water partition coefficient (Wildman–Crippen LogP) is 1.49. The van der Waals surface area contributed by atoms with Crippen molar-refractivity contribution in [3.8, 4) is 0 Å². The SMILES string of the molecule is CN(C)CCc1nc2c(Cl)cccn2n1. The molecule has 2 aromatic rings. The van der Waals surface area contributed by atoms with Crippen molar-refractivity contribution >= 4 is 17.2 Å². The molecule has 0 amide bonds. The highest BCUT2D eigenvalue weighted by Gasteiger charge is 2.06. The zero-order chi connectivity index (χ0) is 10.8. The van der Waals surface area contributed by atoms with Crippen LogP contribution >= 0.6 is 11.6 Å². The van der Waals surface area contributed by atoms with Gasteiger partial charge in [-0.05, 0) is 26.2 Å². The first-order chi connectivity index (χ1) is 7.16. The molecule has 0 aliphatic carbocycles. The highest BCUT2D eigenvalue weighted by atomic mass is 35.5. The van der Waals surface area contributed by atoms with Crippen molar-refractivity contribution in [3.63, 3.8) is 0 Å². The van der Waals surface area contributed by atoms with Gasteiger partial charge in [0.2, 0.25) is 0 Å². The molecule has 2 heterocycles. The van der Waals surface area contributed by atoms with E-state index < -0.39 is 0 Å². The summed E-state index contributed by atoms with van der Waals surface area (Å²) in [4.78, 5) is 6.48. The summed E-state index contributed by atoms with van der Waals surface area (Å²) >= 11 is 6.00. The van der Waals surface area contributed by atoms with Crippen LogP contribution in [0.2, 0.25) is 5.02 Å². The molecule has 0 aliphatic rings. The molecule has 15 heavy (non-hydrogen) atoms. The number of nitrogens with zero attached hydrogens (tertiary/aromatic N) is 4. The molecule has 5 heteroatoms. The fourth-order valence-corrected chi connectivity index (χ4v) is 1.55. The van der Waals surface area contributed by atoms with Crippen LogP contribution in [-0.2, 0) is 6.42 Å². The van der Waals surface area contributed by atoms with E-state index >= 15 is 0 Å². The Kier molecular flexibility index (Phi) is 2.88. The molecular weight excluding hydrogens is 212 g/mol. The largest absolute Gasteiger partial charge is 0.309 e. The Morgan fingerprint density at radius 2 is 2.27 bits per heavy atom. The van der Waals surface area contributed by atoms with Gasteiger partial charge in [0.05, 0.1) is 5.02 Å². The van der Waals surface area contributed by atoms with Crippen molar-refractivity contribution in [1.29, 1.82) is 0 Å². The van der Waals surface area contributed by atoms with Crippen LogP contribution in [0.5, 0.6) is 0 Å². The minimum atomic E-state index is 0.640. The number of hydrogen-bond donors (Lipinski definition) is 0. The second kappa shape index (κ2) is 4.16. The Balaban J connectivity index is 2.27. The minimum Gasteiger partial charge on any atom is -0.309 e. The third-order valence-electron chi connectivity index (χ3n) is 2.14. The molecule has 0 unspecified atom stereocenters. The van der Waals surface area contributed by atoms with E-state index in [1.807, 2.05) is 32.4 Å². The molecule has 2 rings (SSSR count). The van der Waals surface area contributed by atoms with Crippen LogP contribution in [0.4, 0.5) is 0 Å². The number of likely N-dealkylation sites (N-methyl/N-ethyl adjacent to an activating group) is 1. The van der Waals surface area contributed by atoms with Gasteiger partial charge in [-0.3, -0.25) is 0 Å². The lowest BCUT2D eigenvalue weighted by molar-refractivity contribution is 0.409. The molecule has 0 spiro atoms. The highest BCUT2D eigenvalue weighted by Crippen LogP contribution is 2.14. The van der Waals surface area contributed by atoms with E-state index in [9.17, 15) is 0 Å². The summed E-state index contributed by atoms with van der Waals surface area (Å²) < 4.78 is 1.72. The Bertz CT molecular complexity index is 463. The Hall–Kier alpha value is -1.13. The third-order valence-corrected chi connectivity index (χ3v) is 2.44. The number of pyridine rings is 1. The first-order valence-corrected chi connectivity index (χ1v) is 5.19. The number of fused-ring (bicyclic) bond motifs is 1. The lowest BCUT2D eigenvalue weighted by Crippen LogP contribution is -2.15. The molecule has 2 aromatic heterocycles. The maximum atomic E-state index is 6.00. The van der Waals surface area contributed by atoms with Crippen LogP contribution in [0.1, 0.15) is 5.82 Å². The van der Waals surface area contributed by atoms with Gasteiger partial charge >= 0.3 is 0 Å². The second-order valence-corrected chi connectivity index (χ2v) is 4.11. The van der Waals surface area contributed by atoms with Crippen molar-refractivity contribution in [2.45, 2.75) is 6.42 Å². The summed E-state index contributed by atoms with van der Waals surface area (Å²) in [6, 6.07) is 3.68. The van der Waals surface area contributed by atoms with E-state index in [0.717, 1.165) is 24.4 Å². The molecule has 0 bridgehead atoms. The van der Waals surface area contributed by atoms with Crippen LogP contribution in [0.25, 0.3) is 5.65 Å². The Morgan fingerprint density at radius 3 is 2.93 bits per heavy atom. The maximum absolute atomic E-state index is 6.00. The average molecular weight is 225 g/mol. The molecule has 0 aliphatic heterocycles. The molecule has 0 fully saturated rings. The van der Waals surface area contributed by atoms with Crippen LogP contribution in [0.3, 0.4) is 0 Å². The Morgan fingerprint density at radius 1 is 1.47 bits per heavy atom. The summed E-state index contributed by atoms with van der Waals surface area (Å²) in [6.07, 6.45) is 2.69. The zero-order valence-electron chi connectivity index (χ0n) is 8.81. The van der Waals surface area contributed by atoms with Crippen molar-refractivity contribution in [1.82, 2.24) is 19.5 Å². The van der Waals surface area contributed by atoms with Crippen LogP contribution in [0, 0.1) is 0 Å². The number of rotatable bonds is 3. The summed E-state index contributed by atoms with van der Waals surface area (Å²) in [5.74, 6) is 0.830. The predicted molar refractivity (Wildman–Crippen MR) is 60.3 cm³/mol. The van der Waals surface area contributed by atoms with Crippen LogP contribution < -0.4 is 0 Å². The van der Waals surface area contributed by atoms with Crippen molar-refractivity contribution in [2.75, 3.05) is 20.6 Å². The summed E-state index contributed by atoms with van der Waals surface area (Å²) in [6.45, 7) is 0.939. The maximum Gasteiger partial charge on any atom is 0.174 e. The van der Waals surface area contributed by atoms with Crippen LogP contribution in [-0.4, -0.2) is 40.1 Å². The molecule has 80 valence electrons. The molecule has 0 radical (unpaired) electrons. The van der Waals surface area contributed by atoms with Crippen molar-refractivity contribution < 1.29 is 0 Å². The van der Waals surface area contributed by atoms with E-state index in [4.69, 9.17) is 11.6 Å². The van der Waals surface area contributed by atoms with Gasteiger partial charge in [0.15, 0.2) is 11.5 Å². The smallest absolute Gasteiger partial charge is 0.174 e. The fourth-order valence-electron chi connectivity index (χ4n) is 1.35. The first-order valence-electron chi connectivity index (χ1n) is 4.81. The summed E-state index contributed by atoms with van der Waals surface area (Å²) in [5.41, 5.74) is 0.730. The quantitative estimate of drug-likeness (QED) is 0.792. The van der Waals surface area contributed by atoms with Crippen molar-refractivity contribution in [3.05, 3.63) is 29.2 Å². The van der Waals surface area contributed by atoms with Gasteiger partial charge in [0.25, 0.3) is 0 Å². The molecular formula is C10H13ClN4. The zero-order valence-corrected chi connectivity index (χ0v) is 9.57. The number of halogens is 1. The number of hydrogen-bond acceptors (Lipinski definition) is 3. The van der Waals surface area contributed by atoms with E-state index in [-0.39, 0.29) is 0 Å². The topological polar surface area (TPSA) is 33.4 Å². The second-order valence-electron chi connectivity index (χ2n) is 3.71. The van der Waals surface area contributed by atoms with Gasteiger partial charge in [-0.2, -0.15) is 5.10 Å². The molecule has 4 nitrogen and oxygen atoms in total.